The highest BCUT2D eigenvalue weighted by atomic mass is 16.6. The predicted octanol–water partition coefficient (Wildman–Crippen LogP) is 1.56. The highest BCUT2D eigenvalue weighted by Gasteiger charge is 2.14. The second kappa shape index (κ2) is 6.87. The predicted molar refractivity (Wildman–Crippen MR) is 63.8 cm³/mol. The Labute approximate surface area is 102 Å². The number of carbonyl (C=O) groups excluding carboxylic acids is 1. The summed E-state index contributed by atoms with van der Waals surface area (Å²) in [6.07, 6.45) is -0.0760. The van der Waals surface area contributed by atoms with Gasteiger partial charge in [0.2, 0.25) is 5.91 Å². The van der Waals surface area contributed by atoms with E-state index >= 15 is 0 Å². The Kier molecular flexibility index (Phi) is 5.14. The molecule has 0 aliphatic carbocycles. The maximum atomic E-state index is 11.5. The Morgan fingerprint density at radius 3 is 2.89 bits per heavy atom. The van der Waals surface area contributed by atoms with E-state index in [0.29, 0.717) is 5.56 Å². The molecule has 0 heterocycles. The van der Waals surface area contributed by atoms with Gasteiger partial charge in [0.1, 0.15) is 0 Å². The lowest BCUT2D eigenvalue weighted by atomic mass is 10.1. The fourth-order valence-corrected chi connectivity index (χ4v) is 1.36. The number of nitro benzene ring substituents is 1. The van der Waals surface area contributed by atoms with Crippen LogP contribution in [0.5, 0.6) is 0 Å². The van der Waals surface area contributed by atoms with Crippen molar-refractivity contribution in [3.05, 3.63) is 50.4 Å². The Hall–Kier alpha value is -2.60. The first kappa shape index (κ1) is 13.5. The Morgan fingerprint density at radius 2 is 2.22 bits per heavy atom. The van der Waals surface area contributed by atoms with Crippen LogP contribution in [-0.4, -0.2) is 23.9 Å². The summed E-state index contributed by atoms with van der Waals surface area (Å²) in [4.78, 5) is 24.2. The third-order valence-corrected chi connectivity index (χ3v) is 2.14. The van der Waals surface area contributed by atoms with Crippen molar-refractivity contribution in [1.29, 1.82) is 0 Å². The molecule has 0 fully saturated rings. The minimum Gasteiger partial charge on any atom is -0.356 e. The van der Waals surface area contributed by atoms with E-state index in [1.165, 1.54) is 12.1 Å². The van der Waals surface area contributed by atoms with Crippen molar-refractivity contribution in [3.8, 4) is 0 Å². The SMILES string of the molecule is [N-]=[N+]=NCCNC(=O)Cc1ccccc1[N+](=O)[O-]. The van der Waals surface area contributed by atoms with Crippen LogP contribution < -0.4 is 5.32 Å². The molecule has 1 aromatic rings. The molecule has 1 rings (SSSR count). The van der Waals surface area contributed by atoms with E-state index in [9.17, 15) is 14.9 Å². The summed E-state index contributed by atoms with van der Waals surface area (Å²) < 4.78 is 0. The van der Waals surface area contributed by atoms with Crippen LogP contribution in [0.25, 0.3) is 10.4 Å². The Bertz CT molecular complexity index is 496. The zero-order chi connectivity index (χ0) is 13.4. The van der Waals surface area contributed by atoms with Gasteiger partial charge in [-0.3, -0.25) is 14.9 Å². The van der Waals surface area contributed by atoms with E-state index in [-0.39, 0.29) is 31.1 Å². The number of hydrogen-bond donors (Lipinski definition) is 1. The van der Waals surface area contributed by atoms with Crippen LogP contribution in [-0.2, 0) is 11.2 Å². The normalized spacial score (nSPS) is 9.33. The highest BCUT2D eigenvalue weighted by molar-refractivity contribution is 5.79. The molecule has 1 N–H and O–H groups in total. The summed E-state index contributed by atoms with van der Waals surface area (Å²) in [7, 11) is 0. The van der Waals surface area contributed by atoms with Crippen LogP contribution in [0.2, 0.25) is 0 Å². The van der Waals surface area contributed by atoms with Crippen molar-refractivity contribution in [2.75, 3.05) is 13.1 Å². The first-order valence-electron chi connectivity index (χ1n) is 5.15. The molecule has 94 valence electrons. The number of benzene rings is 1. The topological polar surface area (TPSA) is 121 Å². The molecule has 0 spiro atoms. The minimum absolute atomic E-state index is 0.0760. The largest absolute Gasteiger partial charge is 0.356 e. The summed E-state index contributed by atoms with van der Waals surface area (Å²) in [5.41, 5.74) is 8.30. The smallest absolute Gasteiger partial charge is 0.273 e. The molecule has 0 aliphatic rings. The van der Waals surface area contributed by atoms with Gasteiger partial charge >= 0.3 is 0 Å². The number of para-hydroxylation sites is 1. The standard InChI is InChI=1S/C10H11N5O3/c11-14-13-6-5-12-10(16)7-8-3-1-2-4-9(8)15(17)18/h1-4H,5-7H2,(H,12,16). The van der Waals surface area contributed by atoms with E-state index in [2.05, 4.69) is 15.3 Å². The number of amides is 1. The van der Waals surface area contributed by atoms with Gasteiger partial charge in [0.15, 0.2) is 0 Å². The first-order chi connectivity index (χ1) is 8.65. The van der Waals surface area contributed by atoms with E-state index in [1.54, 1.807) is 12.1 Å². The van der Waals surface area contributed by atoms with Gasteiger partial charge in [0.05, 0.1) is 11.3 Å². The van der Waals surface area contributed by atoms with Crippen LogP contribution in [0, 0.1) is 10.1 Å². The van der Waals surface area contributed by atoms with Gasteiger partial charge in [0, 0.05) is 29.6 Å². The van der Waals surface area contributed by atoms with E-state index < -0.39 is 4.92 Å². The molecule has 0 radical (unpaired) electrons. The molecule has 8 heteroatoms. The number of hydrogen-bond acceptors (Lipinski definition) is 4. The second-order valence-electron chi connectivity index (χ2n) is 3.37. The van der Waals surface area contributed by atoms with E-state index in [1.807, 2.05) is 0 Å². The van der Waals surface area contributed by atoms with Gasteiger partial charge in [-0.1, -0.05) is 23.3 Å². The third-order valence-electron chi connectivity index (χ3n) is 2.14. The van der Waals surface area contributed by atoms with Crippen molar-refractivity contribution in [3.63, 3.8) is 0 Å². The van der Waals surface area contributed by atoms with Crippen molar-refractivity contribution in [2.24, 2.45) is 5.11 Å². The minimum atomic E-state index is -0.525. The molecule has 1 amide bonds. The molecule has 0 aromatic heterocycles. The maximum absolute atomic E-state index is 11.5. The number of nitrogens with zero attached hydrogens (tertiary/aromatic N) is 4. The average Bonchev–Trinajstić information content (AvgIpc) is 2.35. The molecule has 0 aliphatic heterocycles. The maximum Gasteiger partial charge on any atom is 0.273 e. The van der Waals surface area contributed by atoms with E-state index in [0.717, 1.165) is 0 Å². The first-order valence-corrected chi connectivity index (χ1v) is 5.15. The monoisotopic (exact) mass is 249 g/mol. The summed E-state index contributed by atoms with van der Waals surface area (Å²) in [5, 5.41) is 16.5. The molecule has 0 bridgehead atoms. The van der Waals surface area contributed by atoms with Gasteiger partial charge in [-0.25, -0.2) is 0 Å². The fraction of sp³-hybridized carbons (Fsp3) is 0.300. The van der Waals surface area contributed by atoms with Gasteiger partial charge in [-0.15, -0.1) is 0 Å². The average molecular weight is 249 g/mol. The summed E-state index contributed by atoms with van der Waals surface area (Å²) >= 11 is 0. The van der Waals surface area contributed by atoms with Crippen LogP contribution in [0.3, 0.4) is 0 Å². The lowest BCUT2D eigenvalue weighted by Gasteiger charge is -2.04. The van der Waals surface area contributed by atoms with Crippen molar-refractivity contribution < 1.29 is 9.72 Å². The summed E-state index contributed by atoms with van der Waals surface area (Å²) in [5.74, 6) is -0.350. The van der Waals surface area contributed by atoms with Gasteiger partial charge in [-0.2, -0.15) is 0 Å². The number of azide groups is 1. The fourth-order valence-electron chi connectivity index (χ4n) is 1.36. The molecule has 0 atom stereocenters. The molecule has 18 heavy (non-hydrogen) atoms. The highest BCUT2D eigenvalue weighted by Crippen LogP contribution is 2.17. The van der Waals surface area contributed by atoms with Crippen molar-refractivity contribution in [1.82, 2.24) is 5.32 Å². The number of nitro groups is 1. The van der Waals surface area contributed by atoms with Crippen LogP contribution in [0.1, 0.15) is 5.56 Å². The number of carbonyl (C=O) groups is 1. The van der Waals surface area contributed by atoms with Crippen LogP contribution >= 0.6 is 0 Å². The molecule has 0 unspecified atom stereocenters. The van der Waals surface area contributed by atoms with Gasteiger partial charge in [-0.05, 0) is 5.53 Å². The Balaban J connectivity index is 2.59. The van der Waals surface area contributed by atoms with Crippen molar-refractivity contribution >= 4 is 11.6 Å². The zero-order valence-electron chi connectivity index (χ0n) is 9.44. The van der Waals surface area contributed by atoms with Gasteiger partial charge in [0.25, 0.3) is 5.69 Å². The van der Waals surface area contributed by atoms with Gasteiger partial charge < -0.3 is 5.32 Å². The molecule has 0 saturated carbocycles. The molecular weight excluding hydrogens is 238 g/mol. The zero-order valence-corrected chi connectivity index (χ0v) is 9.44. The lowest BCUT2D eigenvalue weighted by molar-refractivity contribution is -0.385. The number of rotatable bonds is 6. The third kappa shape index (κ3) is 4.11. The molecule has 1 aromatic carbocycles. The Morgan fingerprint density at radius 1 is 1.50 bits per heavy atom. The molecule has 0 saturated heterocycles. The van der Waals surface area contributed by atoms with Crippen LogP contribution in [0.4, 0.5) is 5.69 Å². The van der Waals surface area contributed by atoms with Crippen LogP contribution in [0.15, 0.2) is 29.4 Å². The molecule has 8 nitrogen and oxygen atoms in total. The quantitative estimate of drug-likeness (QED) is 0.205. The van der Waals surface area contributed by atoms with Crippen molar-refractivity contribution in [2.45, 2.75) is 6.42 Å². The molecular formula is C10H11N5O3. The second-order valence-corrected chi connectivity index (χ2v) is 3.37. The summed E-state index contributed by atoms with van der Waals surface area (Å²) in [6, 6.07) is 6.06. The van der Waals surface area contributed by atoms with E-state index in [4.69, 9.17) is 5.53 Å². The lowest BCUT2D eigenvalue weighted by Crippen LogP contribution is -2.27. The summed E-state index contributed by atoms with van der Waals surface area (Å²) in [6.45, 7) is 0.364. The number of nitrogens with one attached hydrogen (secondary N) is 1.